The maximum absolute atomic E-state index is 12.6. The Morgan fingerprint density at radius 1 is 1.15 bits per heavy atom. The lowest BCUT2D eigenvalue weighted by molar-refractivity contribution is -0.126. The van der Waals surface area contributed by atoms with Gasteiger partial charge in [0.15, 0.2) is 9.84 Å². The van der Waals surface area contributed by atoms with Crippen LogP contribution in [0.1, 0.15) is 32.1 Å². The Bertz CT molecular complexity index is 660. The van der Waals surface area contributed by atoms with Crippen molar-refractivity contribution in [1.82, 2.24) is 0 Å². The molecule has 1 saturated carbocycles. The first-order chi connectivity index (χ1) is 9.45. The molecule has 0 unspecified atom stereocenters. The second-order valence-electron chi connectivity index (χ2n) is 5.71. The molecule has 1 fully saturated rings. The molecule has 1 heterocycles. The summed E-state index contributed by atoms with van der Waals surface area (Å²) in [5.74, 6) is -0.739. The molecule has 1 aliphatic carbocycles. The Morgan fingerprint density at radius 3 is 2.55 bits per heavy atom. The zero-order valence-corrected chi connectivity index (χ0v) is 11.9. The van der Waals surface area contributed by atoms with Crippen LogP contribution in [0.15, 0.2) is 23.1 Å². The molecular weight excluding hydrogens is 278 g/mol. The van der Waals surface area contributed by atoms with Gasteiger partial charge >= 0.3 is 0 Å². The average Bonchev–Trinajstić information content (AvgIpc) is 2.45. The van der Waals surface area contributed by atoms with Crippen LogP contribution in [-0.2, 0) is 14.6 Å². The number of phenolic OH excluding ortho intramolecular Hbond substituents is 1. The average molecular weight is 295 g/mol. The van der Waals surface area contributed by atoms with E-state index in [1.165, 1.54) is 18.2 Å². The van der Waals surface area contributed by atoms with Crippen LogP contribution in [0.5, 0.6) is 5.75 Å². The highest BCUT2D eigenvalue weighted by molar-refractivity contribution is 7.91. The lowest BCUT2D eigenvalue weighted by Crippen LogP contribution is -2.41. The quantitative estimate of drug-likeness (QED) is 0.767. The van der Waals surface area contributed by atoms with Crippen molar-refractivity contribution < 1.29 is 18.3 Å². The summed E-state index contributed by atoms with van der Waals surface area (Å²) in [6.07, 6.45) is 3.95. The second kappa shape index (κ2) is 4.48. The predicted octanol–water partition coefficient (Wildman–Crippen LogP) is 2.07. The summed E-state index contributed by atoms with van der Waals surface area (Å²) >= 11 is 0. The van der Waals surface area contributed by atoms with Gasteiger partial charge in [-0.25, -0.2) is 8.42 Å². The van der Waals surface area contributed by atoms with E-state index < -0.39 is 15.3 Å². The predicted molar refractivity (Wildman–Crippen MR) is 74.3 cm³/mol. The molecule has 1 amide bonds. The molecule has 6 heteroatoms. The minimum atomic E-state index is -3.68. The van der Waals surface area contributed by atoms with Crippen LogP contribution < -0.4 is 5.32 Å². The standard InChI is InChI=1S/C14H17NO4S/c16-11-6-4-5-10-12(11)20(18,19)9-14(13(17)15-10)7-2-1-3-8-14/h4-6,16H,1-3,7-9H2,(H,15,17). The number of benzene rings is 1. The Morgan fingerprint density at radius 2 is 1.85 bits per heavy atom. The van der Waals surface area contributed by atoms with Crippen molar-refractivity contribution >= 4 is 21.4 Å². The molecule has 5 nitrogen and oxygen atoms in total. The number of rotatable bonds is 0. The van der Waals surface area contributed by atoms with Crippen LogP contribution in [0.2, 0.25) is 0 Å². The van der Waals surface area contributed by atoms with Crippen LogP contribution in [0.4, 0.5) is 5.69 Å². The zero-order valence-electron chi connectivity index (χ0n) is 11.1. The summed E-state index contributed by atoms with van der Waals surface area (Å²) in [5, 5.41) is 12.6. The molecule has 0 atom stereocenters. The van der Waals surface area contributed by atoms with Crippen molar-refractivity contribution in [3.63, 3.8) is 0 Å². The molecule has 2 N–H and O–H groups in total. The molecule has 1 aliphatic heterocycles. The van der Waals surface area contributed by atoms with Crippen LogP contribution in [0, 0.1) is 5.41 Å². The van der Waals surface area contributed by atoms with Crippen LogP contribution in [0.25, 0.3) is 0 Å². The molecule has 0 radical (unpaired) electrons. The van der Waals surface area contributed by atoms with Crippen molar-refractivity contribution in [1.29, 1.82) is 0 Å². The molecule has 1 aromatic carbocycles. The molecule has 20 heavy (non-hydrogen) atoms. The first-order valence-corrected chi connectivity index (χ1v) is 8.46. The van der Waals surface area contributed by atoms with Gasteiger partial charge in [0.2, 0.25) is 5.91 Å². The van der Waals surface area contributed by atoms with Gasteiger partial charge in [0, 0.05) is 0 Å². The van der Waals surface area contributed by atoms with Crippen molar-refractivity contribution in [2.75, 3.05) is 11.1 Å². The van der Waals surface area contributed by atoms with Crippen LogP contribution in [-0.4, -0.2) is 25.2 Å². The van der Waals surface area contributed by atoms with E-state index in [0.29, 0.717) is 12.8 Å². The van der Waals surface area contributed by atoms with Crippen molar-refractivity contribution in [3.8, 4) is 5.75 Å². The number of fused-ring (bicyclic) bond motifs is 1. The zero-order chi connectivity index (χ0) is 14.4. The molecule has 1 spiro atoms. The maximum atomic E-state index is 12.6. The number of phenols is 1. The van der Waals surface area contributed by atoms with E-state index in [9.17, 15) is 18.3 Å². The molecule has 2 aliphatic rings. The SMILES string of the molecule is O=C1Nc2cccc(O)c2S(=O)(=O)CC12CCCCC2. The third-order valence-corrected chi connectivity index (χ3v) is 6.30. The Hall–Kier alpha value is -1.56. The van der Waals surface area contributed by atoms with E-state index in [4.69, 9.17) is 0 Å². The van der Waals surface area contributed by atoms with Gasteiger partial charge in [-0.1, -0.05) is 25.3 Å². The summed E-state index contributed by atoms with van der Waals surface area (Å²) in [4.78, 5) is 12.4. The van der Waals surface area contributed by atoms with E-state index >= 15 is 0 Å². The lowest BCUT2D eigenvalue weighted by Gasteiger charge is -2.33. The summed E-state index contributed by atoms with van der Waals surface area (Å²) in [5.41, 5.74) is -0.653. The minimum absolute atomic E-state index is 0.143. The number of amides is 1. The second-order valence-corrected chi connectivity index (χ2v) is 7.63. The Balaban J connectivity index is 2.15. The third-order valence-electron chi connectivity index (χ3n) is 4.31. The molecule has 0 bridgehead atoms. The molecule has 3 rings (SSSR count). The largest absolute Gasteiger partial charge is 0.507 e. The number of hydrogen-bond acceptors (Lipinski definition) is 4. The van der Waals surface area contributed by atoms with Crippen LogP contribution in [0.3, 0.4) is 0 Å². The lowest BCUT2D eigenvalue weighted by atomic mass is 9.75. The van der Waals surface area contributed by atoms with Crippen LogP contribution >= 0.6 is 0 Å². The summed E-state index contributed by atoms with van der Waals surface area (Å²) < 4.78 is 25.2. The number of anilines is 1. The monoisotopic (exact) mass is 295 g/mol. The number of carbonyl (C=O) groups excluding carboxylic acids is 1. The number of aromatic hydroxyl groups is 1. The van der Waals surface area contributed by atoms with E-state index in [2.05, 4.69) is 5.32 Å². The molecule has 108 valence electrons. The van der Waals surface area contributed by atoms with Gasteiger partial charge in [0.1, 0.15) is 10.6 Å². The highest BCUT2D eigenvalue weighted by Gasteiger charge is 2.47. The Labute approximate surface area is 117 Å². The first-order valence-electron chi connectivity index (χ1n) is 6.81. The van der Waals surface area contributed by atoms with E-state index in [-0.39, 0.29) is 28.0 Å². The van der Waals surface area contributed by atoms with Gasteiger partial charge in [-0.2, -0.15) is 0 Å². The maximum Gasteiger partial charge on any atom is 0.231 e. The van der Waals surface area contributed by atoms with E-state index in [1.807, 2.05) is 0 Å². The third kappa shape index (κ3) is 1.98. The van der Waals surface area contributed by atoms with Gasteiger partial charge in [-0.05, 0) is 25.0 Å². The molecular formula is C14H17NO4S. The van der Waals surface area contributed by atoms with Gasteiger partial charge in [0.25, 0.3) is 0 Å². The normalized spacial score (nSPS) is 23.7. The van der Waals surface area contributed by atoms with Crippen molar-refractivity contribution in [3.05, 3.63) is 18.2 Å². The molecule has 1 aromatic rings. The Kier molecular flexibility index (Phi) is 3.01. The highest BCUT2D eigenvalue weighted by atomic mass is 32.2. The van der Waals surface area contributed by atoms with Gasteiger partial charge in [0.05, 0.1) is 16.9 Å². The summed E-state index contributed by atoms with van der Waals surface area (Å²) in [6.45, 7) is 0. The molecule has 0 saturated heterocycles. The smallest absolute Gasteiger partial charge is 0.231 e. The fourth-order valence-corrected chi connectivity index (χ4v) is 5.44. The first kappa shape index (κ1) is 13.4. The summed E-state index contributed by atoms with van der Waals surface area (Å²) in [6, 6.07) is 4.39. The number of sulfone groups is 1. The highest BCUT2D eigenvalue weighted by Crippen LogP contribution is 2.44. The fourth-order valence-electron chi connectivity index (χ4n) is 3.31. The van der Waals surface area contributed by atoms with Gasteiger partial charge in [-0.15, -0.1) is 0 Å². The minimum Gasteiger partial charge on any atom is -0.507 e. The number of hydrogen-bond donors (Lipinski definition) is 2. The van der Waals surface area contributed by atoms with Crippen molar-refractivity contribution in [2.45, 2.75) is 37.0 Å². The fraction of sp³-hybridized carbons (Fsp3) is 0.500. The summed E-state index contributed by atoms with van der Waals surface area (Å²) in [7, 11) is -3.68. The van der Waals surface area contributed by atoms with Crippen molar-refractivity contribution in [2.24, 2.45) is 5.41 Å². The number of carbonyl (C=O) groups is 1. The van der Waals surface area contributed by atoms with E-state index in [0.717, 1.165) is 19.3 Å². The molecule has 0 aromatic heterocycles. The topological polar surface area (TPSA) is 83.5 Å². The van der Waals surface area contributed by atoms with Gasteiger partial charge < -0.3 is 10.4 Å². The van der Waals surface area contributed by atoms with E-state index in [1.54, 1.807) is 0 Å². The van der Waals surface area contributed by atoms with Gasteiger partial charge in [-0.3, -0.25) is 4.79 Å². The number of nitrogens with one attached hydrogen (secondary N) is 1.